The quantitative estimate of drug-likeness (QED) is 0.228. The van der Waals surface area contributed by atoms with Gasteiger partial charge in [-0.25, -0.2) is 4.39 Å². The topological polar surface area (TPSA) is 20.2 Å². The van der Waals surface area contributed by atoms with Gasteiger partial charge < -0.3 is 14.8 Å². The number of anilines is 5. The number of rotatable bonds is 4. The van der Waals surface area contributed by atoms with Gasteiger partial charge in [-0.3, -0.25) is 0 Å². The van der Waals surface area contributed by atoms with Crippen LogP contribution in [0, 0.1) is 5.82 Å². The Morgan fingerprint density at radius 1 is 0.477 bits per heavy atom. The molecular formula is C40H26FN3. The Balaban J connectivity index is 1.18. The Kier molecular flexibility index (Phi) is 5.38. The Morgan fingerprint density at radius 3 is 2.07 bits per heavy atom. The summed E-state index contributed by atoms with van der Waals surface area (Å²) in [5, 5.41) is 8.51. The molecule has 7 aromatic carbocycles. The molecule has 1 aliphatic rings. The zero-order valence-electron chi connectivity index (χ0n) is 23.7. The number of hydrogen-bond acceptors (Lipinski definition) is 2. The van der Waals surface area contributed by atoms with Gasteiger partial charge >= 0.3 is 0 Å². The number of nitrogens with zero attached hydrogens (tertiary/aromatic N) is 2. The molecule has 0 radical (unpaired) electrons. The summed E-state index contributed by atoms with van der Waals surface area (Å²) in [7, 11) is 0. The first-order valence-corrected chi connectivity index (χ1v) is 14.8. The van der Waals surface area contributed by atoms with Crippen LogP contribution in [0.15, 0.2) is 152 Å². The van der Waals surface area contributed by atoms with E-state index in [1.54, 1.807) is 0 Å². The molecule has 44 heavy (non-hydrogen) atoms. The minimum Gasteiger partial charge on any atom is -0.355 e. The predicted octanol–water partition coefficient (Wildman–Crippen LogP) is 11.3. The largest absolute Gasteiger partial charge is 0.355 e. The van der Waals surface area contributed by atoms with E-state index in [0.717, 1.165) is 50.2 Å². The smallest absolute Gasteiger partial charge is 0.123 e. The van der Waals surface area contributed by atoms with Gasteiger partial charge in [0.2, 0.25) is 0 Å². The van der Waals surface area contributed by atoms with E-state index in [0.29, 0.717) is 0 Å². The number of nitrogens with one attached hydrogen (secondary N) is 1. The molecule has 8 aromatic rings. The second-order valence-electron chi connectivity index (χ2n) is 11.3. The van der Waals surface area contributed by atoms with Gasteiger partial charge in [0.25, 0.3) is 0 Å². The highest BCUT2D eigenvalue weighted by atomic mass is 19.1. The van der Waals surface area contributed by atoms with Crippen LogP contribution in [0.4, 0.5) is 32.8 Å². The summed E-state index contributed by atoms with van der Waals surface area (Å²) in [6.45, 7) is 0. The van der Waals surface area contributed by atoms with Crippen molar-refractivity contribution in [3.05, 3.63) is 157 Å². The average molecular weight is 568 g/mol. The van der Waals surface area contributed by atoms with Crippen LogP contribution in [0.3, 0.4) is 0 Å². The summed E-state index contributed by atoms with van der Waals surface area (Å²) in [4.78, 5) is 2.37. The van der Waals surface area contributed by atoms with Crippen molar-refractivity contribution in [2.45, 2.75) is 0 Å². The van der Waals surface area contributed by atoms with Crippen LogP contribution in [0.25, 0.3) is 49.4 Å². The Hall–Kier alpha value is -5.87. The Labute approximate surface area is 254 Å². The minimum atomic E-state index is -0.239. The van der Waals surface area contributed by atoms with E-state index in [2.05, 4.69) is 136 Å². The van der Waals surface area contributed by atoms with Gasteiger partial charge in [-0.05, 0) is 89.8 Å². The molecule has 0 atom stereocenters. The highest BCUT2D eigenvalue weighted by molar-refractivity contribution is 6.14. The summed E-state index contributed by atoms with van der Waals surface area (Å²) in [6, 6.07) is 51.9. The Bertz CT molecular complexity index is 2370. The first-order valence-electron chi connectivity index (χ1n) is 14.8. The van der Waals surface area contributed by atoms with Crippen molar-refractivity contribution in [1.29, 1.82) is 0 Å². The highest BCUT2D eigenvalue weighted by Crippen LogP contribution is 2.51. The standard InChI is InChI=1S/C40H26FN3/c41-27-16-20-31(21-17-27)43-36-14-5-4-12-32(36)35-24-28(19-23-37(35)43)42-29-18-22-33-34-13-6-8-26-9-7-15-38(40(26)34)44(39(33)25-29)30-10-2-1-3-11-30/h1-25,42H. The monoisotopic (exact) mass is 567 g/mol. The van der Waals surface area contributed by atoms with Crippen LogP contribution < -0.4 is 10.2 Å². The van der Waals surface area contributed by atoms with Crippen LogP contribution in [0.1, 0.15) is 0 Å². The maximum absolute atomic E-state index is 13.8. The molecule has 0 aliphatic carbocycles. The Morgan fingerprint density at radius 2 is 1.20 bits per heavy atom. The van der Waals surface area contributed by atoms with Crippen molar-refractivity contribution in [2.24, 2.45) is 0 Å². The summed E-state index contributed by atoms with van der Waals surface area (Å²) in [6.07, 6.45) is 0. The maximum Gasteiger partial charge on any atom is 0.123 e. The van der Waals surface area contributed by atoms with Gasteiger partial charge in [-0.15, -0.1) is 0 Å². The van der Waals surface area contributed by atoms with Gasteiger partial charge in [0.05, 0.1) is 22.4 Å². The first-order chi connectivity index (χ1) is 21.7. The molecule has 0 amide bonds. The molecule has 1 N–H and O–H groups in total. The summed E-state index contributed by atoms with van der Waals surface area (Å²) >= 11 is 0. The van der Waals surface area contributed by atoms with E-state index in [1.807, 2.05) is 18.2 Å². The molecular weight excluding hydrogens is 541 g/mol. The van der Waals surface area contributed by atoms with Crippen molar-refractivity contribution in [2.75, 3.05) is 10.2 Å². The molecule has 1 aromatic heterocycles. The number of benzene rings is 7. The molecule has 4 heteroatoms. The lowest BCUT2D eigenvalue weighted by atomic mass is 9.90. The van der Waals surface area contributed by atoms with E-state index < -0.39 is 0 Å². The molecule has 0 saturated heterocycles. The second-order valence-corrected chi connectivity index (χ2v) is 11.3. The van der Waals surface area contributed by atoms with Crippen molar-refractivity contribution < 1.29 is 4.39 Å². The van der Waals surface area contributed by atoms with Gasteiger partial charge in [0.15, 0.2) is 0 Å². The predicted molar refractivity (Wildman–Crippen MR) is 182 cm³/mol. The van der Waals surface area contributed by atoms with Crippen LogP contribution in [-0.2, 0) is 0 Å². The number of aromatic nitrogens is 1. The zero-order valence-corrected chi connectivity index (χ0v) is 23.7. The second kappa shape index (κ2) is 9.58. The number of hydrogen-bond donors (Lipinski definition) is 1. The lowest BCUT2D eigenvalue weighted by molar-refractivity contribution is 0.627. The number of para-hydroxylation sites is 2. The normalized spacial score (nSPS) is 12.2. The summed E-state index contributed by atoms with van der Waals surface area (Å²) in [5.41, 5.74) is 11.0. The third-order valence-electron chi connectivity index (χ3n) is 8.71. The fourth-order valence-corrected chi connectivity index (χ4v) is 6.82. The van der Waals surface area contributed by atoms with Crippen molar-refractivity contribution in [3.63, 3.8) is 0 Å². The fraction of sp³-hybridized carbons (Fsp3) is 0. The van der Waals surface area contributed by atoms with Gasteiger partial charge in [-0.2, -0.15) is 0 Å². The minimum absolute atomic E-state index is 0.239. The van der Waals surface area contributed by atoms with E-state index in [-0.39, 0.29) is 5.82 Å². The van der Waals surface area contributed by atoms with Crippen LogP contribution in [0.2, 0.25) is 0 Å². The van der Waals surface area contributed by atoms with E-state index in [9.17, 15) is 4.39 Å². The van der Waals surface area contributed by atoms with Crippen LogP contribution >= 0.6 is 0 Å². The number of halogens is 1. The van der Waals surface area contributed by atoms with Crippen LogP contribution in [-0.4, -0.2) is 4.57 Å². The average Bonchev–Trinajstić information content (AvgIpc) is 3.39. The van der Waals surface area contributed by atoms with E-state index in [4.69, 9.17) is 0 Å². The van der Waals surface area contributed by atoms with E-state index >= 15 is 0 Å². The molecule has 2 heterocycles. The zero-order chi connectivity index (χ0) is 29.2. The molecule has 0 saturated carbocycles. The molecule has 0 spiro atoms. The molecule has 208 valence electrons. The third kappa shape index (κ3) is 3.74. The fourth-order valence-electron chi connectivity index (χ4n) is 6.82. The van der Waals surface area contributed by atoms with Gasteiger partial charge in [0, 0.05) is 44.5 Å². The van der Waals surface area contributed by atoms with E-state index in [1.165, 1.54) is 39.7 Å². The molecule has 9 rings (SSSR count). The maximum atomic E-state index is 13.8. The van der Waals surface area contributed by atoms with Crippen molar-refractivity contribution in [3.8, 4) is 16.8 Å². The lowest BCUT2D eigenvalue weighted by Crippen LogP contribution is -2.15. The van der Waals surface area contributed by atoms with Crippen molar-refractivity contribution in [1.82, 2.24) is 4.57 Å². The lowest BCUT2D eigenvalue weighted by Gasteiger charge is -2.34. The van der Waals surface area contributed by atoms with Crippen molar-refractivity contribution >= 4 is 61.0 Å². The first kappa shape index (κ1) is 24.7. The van der Waals surface area contributed by atoms with Gasteiger partial charge in [-0.1, -0.05) is 72.8 Å². The highest BCUT2D eigenvalue weighted by Gasteiger charge is 2.26. The molecule has 3 nitrogen and oxygen atoms in total. The molecule has 0 fully saturated rings. The number of fused-ring (bicyclic) bond motifs is 5. The molecule has 1 aliphatic heterocycles. The molecule has 0 unspecified atom stereocenters. The SMILES string of the molecule is Fc1ccc(-n2c3ccccc3c3cc(Nc4ccc5c(c4)N(c4ccccc4)c4cccc6cccc-5c46)ccc32)cc1. The summed E-state index contributed by atoms with van der Waals surface area (Å²) in [5.74, 6) is -0.239. The third-order valence-corrected chi connectivity index (χ3v) is 8.71. The summed E-state index contributed by atoms with van der Waals surface area (Å²) < 4.78 is 15.9. The molecule has 0 bridgehead atoms. The van der Waals surface area contributed by atoms with Gasteiger partial charge in [0.1, 0.15) is 5.82 Å². The van der Waals surface area contributed by atoms with Crippen LogP contribution in [0.5, 0.6) is 0 Å².